The van der Waals surface area contributed by atoms with Gasteiger partial charge in [0.1, 0.15) is 0 Å². The predicted octanol–water partition coefficient (Wildman–Crippen LogP) is 1.56. The van der Waals surface area contributed by atoms with Crippen molar-refractivity contribution in [2.24, 2.45) is 5.92 Å². The Morgan fingerprint density at radius 1 is 1.59 bits per heavy atom. The fourth-order valence-corrected chi connectivity index (χ4v) is 1.91. The van der Waals surface area contributed by atoms with Crippen molar-refractivity contribution in [3.63, 3.8) is 0 Å². The third kappa shape index (κ3) is 2.45. The Labute approximate surface area is 100 Å². The maximum absolute atomic E-state index is 12.1. The number of ether oxygens (including phenoxy) is 1. The Morgan fingerprint density at radius 2 is 2.41 bits per heavy atom. The van der Waals surface area contributed by atoms with Gasteiger partial charge in [0, 0.05) is 19.3 Å². The van der Waals surface area contributed by atoms with E-state index in [4.69, 9.17) is 10.00 Å². The number of nitrogens with zero attached hydrogens (tertiary/aromatic N) is 2. The molecular formula is C13H14N2O2. The molecule has 1 fully saturated rings. The number of anilines is 1. The van der Waals surface area contributed by atoms with Crippen LogP contribution in [0.5, 0.6) is 0 Å². The number of nitriles is 1. The molecule has 4 heteroatoms. The van der Waals surface area contributed by atoms with Crippen LogP contribution in [0, 0.1) is 17.2 Å². The van der Waals surface area contributed by atoms with Crippen LogP contribution in [-0.2, 0) is 9.53 Å². The molecule has 88 valence electrons. The van der Waals surface area contributed by atoms with E-state index < -0.39 is 0 Å². The van der Waals surface area contributed by atoms with Gasteiger partial charge in [-0.2, -0.15) is 5.26 Å². The molecule has 1 atom stereocenters. The van der Waals surface area contributed by atoms with E-state index in [-0.39, 0.29) is 11.8 Å². The minimum Gasteiger partial charge on any atom is -0.381 e. The topological polar surface area (TPSA) is 53.3 Å². The molecule has 0 N–H and O–H groups in total. The Morgan fingerprint density at radius 3 is 3.06 bits per heavy atom. The molecule has 1 amide bonds. The first-order valence-electron chi connectivity index (χ1n) is 5.58. The van der Waals surface area contributed by atoms with Crippen molar-refractivity contribution in [2.75, 3.05) is 25.2 Å². The Kier molecular flexibility index (Phi) is 3.40. The van der Waals surface area contributed by atoms with Crippen molar-refractivity contribution in [3.05, 3.63) is 29.8 Å². The maximum atomic E-state index is 12.1. The van der Waals surface area contributed by atoms with E-state index in [0.29, 0.717) is 18.8 Å². The van der Waals surface area contributed by atoms with Crippen molar-refractivity contribution in [1.82, 2.24) is 0 Å². The first-order chi connectivity index (χ1) is 8.22. The monoisotopic (exact) mass is 230 g/mol. The summed E-state index contributed by atoms with van der Waals surface area (Å²) in [5, 5.41) is 8.82. The standard InChI is InChI=1S/C13H14N2O2/c1-15(13(16)11-5-6-17-9-11)12-4-2-3-10(7-12)8-14/h2-4,7,11H,5-6,9H2,1H3. The third-order valence-corrected chi connectivity index (χ3v) is 2.97. The fraction of sp³-hybridized carbons (Fsp3) is 0.385. The molecule has 2 rings (SSSR count). The van der Waals surface area contributed by atoms with Gasteiger partial charge in [-0.3, -0.25) is 4.79 Å². The highest BCUT2D eigenvalue weighted by Gasteiger charge is 2.26. The second-order valence-electron chi connectivity index (χ2n) is 4.12. The molecule has 1 aliphatic heterocycles. The second-order valence-corrected chi connectivity index (χ2v) is 4.12. The van der Waals surface area contributed by atoms with Gasteiger partial charge in [-0.25, -0.2) is 0 Å². The molecule has 0 aromatic heterocycles. The summed E-state index contributed by atoms with van der Waals surface area (Å²) in [6.45, 7) is 1.16. The minimum atomic E-state index is -0.0502. The number of hydrogen-bond acceptors (Lipinski definition) is 3. The zero-order valence-corrected chi connectivity index (χ0v) is 9.72. The molecule has 0 saturated carbocycles. The molecule has 4 nitrogen and oxygen atoms in total. The van der Waals surface area contributed by atoms with Gasteiger partial charge in [-0.1, -0.05) is 6.07 Å². The number of amides is 1. The Hall–Kier alpha value is -1.86. The molecule has 0 radical (unpaired) electrons. The summed E-state index contributed by atoms with van der Waals surface area (Å²) in [4.78, 5) is 13.7. The molecule has 0 bridgehead atoms. The van der Waals surface area contributed by atoms with Crippen molar-refractivity contribution in [2.45, 2.75) is 6.42 Å². The van der Waals surface area contributed by atoms with Gasteiger partial charge < -0.3 is 9.64 Å². The van der Waals surface area contributed by atoms with Gasteiger partial charge in [0.25, 0.3) is 0 Å². The van der Waals surface area contributed by atoms with Gasteiger partial charge in [0.2, 0.25) is 5.91 Å². The zero-order chi connectivity index (χ0) is 12.3. The number of carbonyl (C=O) groups excluding carboxylic acids is 1. The van der Waals surface area contributed by atoms with Crippen LogP contribution in [0.4, 0.5) is 5.69 Å². The van der Waals surface area contributed by atoms with Gasteiger partial charge >= 0.3 is 0 Å². The van der Waals surface area contributed by atoms with Crippen LogP contribution in [0.25, 0.3) is 0 Å². The molecule has 1 aromatic carbocycles. The van der Waals surface area contributed by atoms with Gasteiger partial charge in [-0.05, 0) is 24.6 Å². The van der Waals surface area contributed by atoms with E-state index >= 15 is 0 Å². The molecular weight excluding hydrogens is 216 g/mol. The van der Waals surface area contributed by atoms with E-state index in [1.165, 1.54) is 0 Å². The van der Waals surface area contributed by atoms with Crippen LogP contribution in [0.1, 0.15) is 12.0 Å². The van der Waals surface area contributed by atoms with Gasteiger partial charge in [-0.15, -0.1) is 0 Å². The quantitative estimate of drug-likeness (QED) is 0.774. The summed E-state index contributed by atoms with van der Waals surface area (Å²) in [5.74, 6) is 0.00308. The van der Waals surface area contributed by atoms with Crippen molar-refractivity contribution in [3.8, 4) is 6.07 Å². The van der Waals surface area contributed by atoms with E-state index in [1.807, 2.05) is 6.07 Å². The summed E-state index contributed by atoms with van der Waals surface area (Å²) in [7, 11) is 1.73. The lowest BCUT2D eigenvalue weighted by molar-refractivity contribution is -0.122. The van der Waals surface area contributed by atoms with Crippen LogP contribution < -0.4 is 4.90 Å². The van der Waals surface area contributed by atoms with Gasteiger partial charge in [0.15, 0.2) is 0 Å². The van der Waals surface area contributed by atoms with Crippen LogP contribution in [0.3, 0.4) is 0 Å². The average molecular weight is 230 g/mol. The predicted molar refractivity (Wildman–Crippen MR) is 63.5 cm³/mol. The lowest BCUT2D eigenvalue weighted by Gasteiger charge is -2.20. The van der Waals surface area contributed by atoms with E-state index in [0.717, 1.165) is 12.1 Å². The number of hydrogen-bond donors (Lipinski definition) is 0. The molecule has 1 saturated heterocycles. The largest absolute Gasteiger partial charge is 0.381 e. The summed E-state index contributed by atoms with van der Waals surface area (Å²) in [6, 6.07) is 9.12. The zero-order valence-electron chi connectivity index (χ0n) is 9.72. The second kappa shape index (κ2) is 4.98. The molecule has 17 heavy (non-hydrogen) atoms. The SMILES string of the molecule is CN(C(=O)C1CCOC1)c1cccc(C#N)c1. The number of rotatable bonds is 2. The highest BCUT2D eigenvalue weighted by molar-refractivity contribution is 5.94. The smallest absolute Gasteiger partial charge is 0.232 e. The normalized spacial score (nSPS) is 18.7. The van der Waals surface area contributed by atoms with Crippen LogP contribution in [-0.4, -0.2) is 26.2 Å². The average Bonchev–Trinajstić information content (AvgIpc) is 2.91. The minimum absolute atomic E-state index is 0.0502. The maximum Gasteiger partial charge on any atom is 0.232 e. The van der Waals surface area contributed by atoms with Crippen LogP contribution in [0.15, 0.2) is 24.3 Å². The molecule has 1 unspecified atom stereocenters. The first-order valence-corrected chi connectivity index (χ1v) is 5.58. The highest BCUT2D eigenvalue weighted by Crippen LogP contribution is 2.20. The highest BCUT2D eigenvalue weighted by atomic mass is 16.5. The Bertz CT molecular complexity index is 459. The first kappa shape index (κ1) is 11.6. The number of carbonyl (C=O) groups is 1. The van der Waals surface area contributed by atoms with Crippen molar-refractivity contribution < 1.29 is 9.53 Å². The van der Waals surface area contributed by atoms with E-state index in [9.17, 15) is 4.79 Å². The summed E-state index contributed by atoms with van der Waals surface area (Å²) in [6.07, 6.45) is 0.779. The third-order valence-electron chi connectivity index (χ3n) is 2.97. The molecule has 0 spiro atoms. The van der Waals surface area contributed by atoms with Crippen molar-refractivity contribution >= 4 is 11.6 Å². The molecule has 1 aliphatic rings. The Balaban J connectivity index is 2.15. The van der Waals surface area contributed by atoms with Gasteiger partial charge in [0.05, 0.1) is 24.2 Å². The lowest BCUT2D eigenvalue weighted by atomic mass is 10.1. The summed E-state index contributed by atoms with van der Waals surface area (Å²) in [5.41, 5.74) is 1.31. The van der Waals surface area contributed by atoms with Crippen LogP contribution in [0.2, 0.25) is 0 Å². The van der Waals surface area contributed by atoms with E-state index in [2.05, 4.69) is 6.07 Å². The summed E-state index contributed by atoms with van der Waals surface area (Å²) < 4.78 is 5.21. The lowest BCUT2D eigenvalue weighted by Crippen LogP contribution is -2.33. The number of benzene rings is 1. The molecule has 1 aromatic rings. The molecule has 1 heterocycles. The van der Waals surface area contributed by atoms with Crippen LogP contribution >= 0.6 is 0 Å². The van der Waals surface area contributed by atoms with E-state index in [1.54, 1.807) is 30.1 Å². The summed E-state index contributed by atoms with van der Waals surface area (Å²) >= 11 is 0. The fourth-order valence-electron chi connectivity index (χ4n) is 1.91. The van der Waals surface area contributed by atoms with Crippen molar-refractivity contribution in [1.29, 1.82) is 5.26 Å². The molecule has 0 aliphatic carbocycles.